The Morgan fingerprint density at radius 1 is 1.40 bits per heavy atom. The van der Waals surface area contributed by atoms with E-state index in [1.54, 1.807) is 0 Å². The Kier molecular flexibility index (Phi) is 4.28. The van der Waals surface area contributed by atoms with Gasteiger partial charge in [0.1, 0.15) is 0 Å². The molecule has 0 aliphatic rings. The minimum absolute atomic E-state index is 0.0326. The second kappa shape index (κ2) is 4.78. The van der Waals surface area contributed by atoms with Crippen LogP contribution in [0.2, 0.25) is 0 Å². The van der Waals surface area contributed by atoms with E-state index in [1.807, 2.05) is 0 Å². The molecule has 0 aliphatic heterocycles. The van der Waals surface area contributed by atoms with Crippen molar-refractivity contribution in [1.29, 1.82) is 0 Å². The quantitative estimate of drug-likeness (QED) is 0.574. The Balaban J connectivity index is 3.30. The molecule has 0 heterocycles. The van der Waals surface area contributed by atoms with Gasteiger partial charge in [0, 0.05) is 13.0 Å². The third-order valence-electron chi connectivity index (χ3n) is 0.888. The molecule has 0 fully saturated rings. The smallest absolute Gasteiger partial charge is 0.303 e. The monoisotopic (exact) mass is 144 g/mol. The van der Waals surface area contributed by atoms with Crippen molar-refractivity contribution >= 4 is 11.9 Å². The molecular weight excluding hydrogens is 134 g/mol. The minimum Gasteiger partial charge on any atom is -0.481 e. The van der Waals surface area contributed by atoms with Crippen LogP contribution in [0.5, 0.6) is 0 Å². The fourth-order valence-corrected chi connectivity index (χ4v) is 0.448. The molecule has 10 heavy (non-hydrogen) atoms. The van der Waals surface area contributed by atoms with Gasteiger partial charge >= 0.3 is 5.97 Å². The first-order chi connectivity index (χ1) is 4.66. The van der Waals surface area contributed by atoms with Crippen molar-refractivity contribution in [1.82, 2.24) is 5.32 Å². The first-order valence-corrected chi connectivity index (χ1v) is 2.94. The molecule has 0 spiro atoms. The molecule has 0 atom stereocenters. The zero-order chi connectivity index (χ0) is 7.98. The highest BCUT2D eigenvalue weighted by Crippen LogP contribution is 1.87. The van der Waals surface area contributed by atoms with Crippen LogP contribution >= 0.6 is 0 Å². The van der Waals surface area contributed by atoms with E-state index in [4.69, 9.17) is 5.11 Å². The number of hydrogen-bond donors (Lipinski definition) is 2. The third-order valence-corrected chi connectivity index (χ3v) is 0.888. The Hall–Kier alpha value is -1.06. The van der Waals surface area contributed by atoms with Gasteiger partial charge in [-0.25, -0.2) is 0 Å². The zero-order valence-electron chi connectivity index (χ0n) is 5.59. The SMILES string of the molecule is [CH2]CNC(=O)CCC(=O)O. The lowest BCUT2D eigenvalue weighted by atomic mass is 10.3. The van der Waals surface area contributed by atoms with Gasteiger partial charge in [-0.1, -0.05) is 0 Å². The number of nitrogens with one attached hydrogen (secondary N) is 1. The summed E-state index contributed by atoms with van der Waals surface area (Å²) in [4.78, 5) is 20.4. The molecule has 4 heteroatoms. The average molecular weight is 144 g/mol. The molecule has 1 radical (unpaired) electrons. The minimum atomic E-state index is -0.959. The number of amides is 1. The summed E-state index contributed by atoms with van der Waals surface area (Å²) in [5.74, 6) is -1.23. The summed E-state index contributed by atoms with van der Waals surface area (Å²) in [6, 6.07) is 0. The van der Waals surface area contributed by atoms with E-state index in [0.29, 0.717) is 6.54 Å². The predicted octanol–water partition coefficient (Wildman–Crippen LogP) is -0.199. The molecule has 0 aromatic carbocycles. The maximum Gasteiger partial charge on any atom is 0.303 e. The van der Waals surface area contributed by atoms with Crippen LogP contribution in [0.1, 0.15) is 12.8 Å². The molecule has 0 rings (SSSR count). The van der Waals surface area contributed by atoms with Crippen molar-refractivity contribution in [2.75, 3.05) is 6.54 Å². The molecule has 0 bridgehead atoms. The fraction of sp³-hybridized carbons (Fsp3) is 0.500. The van der Waals surface area contributed by atoms with Crippen LogP contribution in [0.15, 0.2) is 0 Å². The predicted molar refractivity (Wildman–Crippen MR) is 35.2 cm³/mol. The number of hydrogen-bond acceptors (Lipinski definition) is 2. The Morgan fingerprint density at radius 2 is 2.00 bits per heavy atom. The summed E-state index contributed by atoms with van der Waals surface area (Å²) in [5.41, 5.74) is 0. The normalized spacial score (nSPS) is 8.90. The van der Waals surface area contributed by atoms with E-state index < -0.39 is 5.97 Å². The lowest BCUT2D eigenvalue weighted by Gasteiger charge is -1.97. The van der Waals surface area contributed by atoms with Gasteiger partial charge in [0.15, 0.2) is 0 Å². The molecule has 0 aliphatic carbocycles. The molecule has 0 saturated heterocycles. The van der Waals surface area contributed by atoms with Gasteiger partial charge in [0.05, 0.1) is 6.42 Å². The number of aliphatic carboxylic acids is 1. The van der Waals surface area contributed by atoms with Crippen molar-refractivity contribution in [3.8, 4) is 0 Å². The highest BCUT2D eigenvalue weighted by atomic mass is 16.4. The summed E-state index contributed by atoms with van der Waals surface area (Å²) < 4.78 is 0. The summed E-state index contributed by atoms with van der Waals surface area (Å²) in [6.07, 6.45) is -0.0866. The fourth-order valence-electron chi connectivity index (χ4n) is 0.448. The number of carboxylic acid groups (broad SMARTS) is 1. The third kappa shape index (κ3) is 5.08. The zero-order valence-corrected chi connectivity index (χ0v) is 5.59. The van der Waals surface area contributed by atoms with E-state index in [1.165, 1.54) is 0 Å². The van der Waals surface area contributed by atoms with E-state index in [9.17, 15) is 9.59 Å². The van der Waals surface area contributed by atoms with Gasteiger partial charge in [-0.3, -0.25) is 9.59 Å². The summed E-state index contributed by atoms with van der Waals surface area (Å²) >= 11 is 0. The van der Waals surface area contributed by atoms with Crippen molar-refractivity contribution in [2.45, 2.75) is 12.8 Å². The standard InChI is InChI=1S/C6H10NO3/c1-2-7-5(8)3-4-6(9)10/h1-4H2,(H,7,8)(H,9,10). The molecule has 0 unspecified atom stereocenters. The van der Waals surface area contributed by atoms with Gasteiger partial charge < -0.3 is 10.4 Å². The molecule has 2 N–H and O–H groups in total. The van der Waals surface area contributed by atoms with E-state index in [2.05, 4.69) is 12.2 Å². The second-order valence-electron chi connectivity index (χ2n) is 1.74. The van der Waals surface area contributed by atoms with Gasteiger partial charge in [0.2, 0.25) is 5.91 Å². The van der Waals surface area contributed by atoms with Crippen LogP contribution < -0.4 is 5.32 Å². The highest BCUT2D eigenvalue weighted by molar-refractivity contribution is 5.80. The molecule has 0 saturated carbocycles. The molecule has 4 nitrogen and oxygen atoms in total. The van der Waals surface area contributed by atoms with Crippen LogP contribution in [0.4, 0.5) is 0 Å². The Bertz CT molecular complexity index is 133. The lowest BCUT2D eigenvalue weighted by molar-refractivity contribution is -0.138. The largest absolute Gasteiger partial charge is 0.481 e. The van der Waals surface area contributed by atoms with Crippen LogP contribution in [0, 0.1) is 6.92 Å². The molecule has 0 aromatic heterocycles. The van der Waals surface area contributed by atoms with E-state index >= 15 is 0 Å². The summed E-state index contributed by atoms with van der Waals surface area (Å²) in [7, 11) is 0. The molecule has 1 amide bonds. The molecule has 57 valence electrons. The van der Waals surface area contributed by atoms with Gasteiger partial charge in [-0.05, 0) is 6.92 Å². The van der Waals surface area contributed by atoms with Gasteiger partial charge in [-0.15, -0.1) is 0 Å². The first kappa shape index (κ1) is 8.94. The van der Waals surface area contributed by atoms with Crippen LogP contribution in [0.3, 0.4) is 0 Å². The Morgan fingerprint density at radius 3 is 2.40 bits per heavy atom. The van der Waals surface area contributed by atoms with E-state index in [-0.39, 0.29) is 18.7 Å². The van der Waals surface area contributed by atoms with Crippen molar-refractivity contribution in [2.24, 2.45) is 0 Å². The number of carboxylic acids is 1. The van der Waals surface area contributed by atoms with Crippen molar-refractivity contribution in [3.63, 3.8) is 0 Å². The van der Waals surface area contributed by atoms with Crippen LogP contribution in [-0.2, 0) is 9.59 Å². The van der Waals surface area contributed by atoms with Crippen molar-refractivity contribution in [3.05, 3.63) is 6.92 Å². The Labute approximate surface area is 59.2 Å². The average Bonchev–Trinajstić information content (AvgIpc) is 1.85. The lowest BCUT2D eigenvalue weighted by Crippen LogP contribution is -2.23. The maximum absolute atomic E-state index is 10.5. The molecule has 0 aromatic rings. The summed E-state index contributed by atoms with van der Waals surface area (Å²) in [5, 5.41) is 10.5. The molecular formula is C6H10NO3. The first-order valence-electron chi connectivity index (χ1n) is 2.94. The van der Waals surface area contributed by atoms with Gasteiger partial charge in [-0.2, -0.15) is 0 Å². The number of rotatable bonds is 4. The maximum atomic E-state index is 10.5. The highest BCUT2D eigenvalue weighted by Gasteiger charge is 2.02. The van der Waals surface area contributed by atoms with Crippen LogP contribution in [-0.4, -0.2) is 23.5 Å². The van der Waals surface area contributed by atoms with E-state index in [0.717, 1.165) is 0 Å². The second-order valence-corrected chi connectivity index (χ2v) is 1.74. The topological polar surface area (TPSA) is 66.4 Å². The number of carbonyl (C=O) groups is 2. The summed E-state index contributed by atoms with van der Waals surface area (Å²) in [6.45, 7) is 3.68. The van der Waals surface area contributed by atoms with Crippen molar-refractivity contribution < 1.29 is 14.7 Å². The number of carbonyl (C=O) groups excluding carboxylic acids is 1. The van der Waals surface area contributed by atoms with Gasteiger partial charge in [0.25, 0.3) is 0 Å². The van der Waals surface area contributed by atoms with Crippen LogP contribution in [0.25, 0.3) is 0 Å².